The number of aliphatic imine (C=N–C) groups is 1. The molecule has 5 nitrogen and oxygen atoms in total. The van der Waals surface area contributed by atoms with Crippen molar-refractivity contribution in [1.29, 1.82) is 0 Å². The van der Waals surface area contributed by atoms with Crippen LogP contribution in [-0.2, 0) is 13.5 Å². The molecule has 0 amide bonds. The van der Waals surface area contributed by atoms with E-state index in [-0.39, 0.29) is 6.04 Å². The van der Waals surface area contributed by atoms with Gasteiger partial charge in [-0.15, -0.1) is 0 Å². The predicted molar refractivity (Wildman–Crippen MR) is 85.7 cm³/mol. The molecular weight excluding hydrogens is 286 g/mol. The van der Waals surface area contributed by atoms with Crippen molar-refractivity contribution in [3.63, 3.8) is 0 Å². The number of hydrogen-bond donors (Lipinski definition) is 1. The molecule has 21 heavy (non-hydrogen) atoms. The molecule has 0 spiro atoms. The Bertz CT molecular complexity index is 691. The van der Waals surface area contributed by atoms with Crippen LogP contribution in [0.15, 0.2) is 35.5 Å². The van der Waals surface area contributed by atoms with E-state index >= 15 is 0 Å². The van der Waals surface area contributed by atoms with Crippen LogP contribution in [0.25, 0.3) is 0 Å². The van der Waals surface area contributed by atoms with Crippen molar-refractivity contribution in [2.45, 2.75) is 19.4 Å². The molecule has 0 fully saturated rings. The molecule has 0 bridgehead atoms. The van der Waals surface area contributed by atoms with Crippen LogP contribution in [-0.4, -0.2) is 22.3 Å². The smallest absolute Gasteiger partial charge is 0.196 e. The molecule has 0 saturated heterocycles. The first-order valence-electron chi connectivity index (χ1n) is 6.97. The molecule has 0 aliphatic carbocycles. The van der Waals surface area contributed by atoms with Crippen LogP contribution >= 0.6 is 11.6 Å². The molecule has 2 aromatic rings. The number of anilines is 1. The Morgan fingerprint density at radius 3 is 2.95 bits per heavy atom. The lowest BCUT2D eigenvalue weighted by Crippen LogP contribution is -2.36. The zero-order chi connectivity index (χ0) is 15.0. The van der Waals surface area contributed by atoms with E-state index in [2.05, 4.69) is 23.2 Å². The van der Waals surface area contributed by atoms with Crippen molar-refractivity contribution in [2.75, 3.05) is 11.4 Å². The molecule has 1 unspecified atom stereocenters. The summed E-state index contributed by atoms with van der Waals surface area (Å²) in [5, 5.41) is 5.20. The molecule has 1 aromatic heterocycles. The third-order valence-electron chi connectivity index (χ3n) is 3.70. The van der Waals surface area contributed by atoms with Gasteiger partial charge >= 0.3 is 0 Å². The summed E-state index contributed by atoms with van der Waals surface area (Å²) in [5.74, 6) is 0.521. The molecule has 1 aliphatic heterocycles. The molecule has 2 N–H and O–H groups in total. The topological polar surface area (TPSA) is 59.4 Å². The third-order valence-corrected chi connectivity index (χ3v) is 3.94. The predicted octanol–water partition coefficient (Wildman–Crippen LogP) is 2.51. The lowest BCUT2D eigenvalue weighted by atomic mass is 10.1. The van der Waals surface area contributed by atoms with Crippen LogP contribution in [0.3, 0.4) is 0 Å². The second-order valence-electron chi connectivity index (χ2n) is 5.12. The first kappa shape index (κ1) is 13.9. The van der Waals surface area contributed by atoms with Gasteiger partial charge in [0, 0.05) is 29.5 Å². The van der Waals surface area contributed by atoms with E-state index in [4.69, 9.17) is 17.3 Å². The van der Waals surface area contributed by atoms with E-state index in [1.165, 1.54) is 5.56 Å². The van der Waals surface area contributed by atoms with E-state index in [9.17, 15) is 0 Å². The number of aryl methyl sites for hydroxylation is 2. The summed E-state index contributed by atoms with van der Waals surface area (Å²) < 4.78 is 1.85. The highest BCUT2D eigenvalue weighted by atomic mass is 35.5. The highest BCUT2D eigenvalue weighted by Gasteiger charge is 2.31. The number of nitrogens with two attached hydrogens (primary N) is 1. The maximum Gasteiger partial charge on any atom is 0.196 e. The number of benzene rings is 1. The van der Waals surface area contributed by atoms with Gasteiger partial charge in [-0.3, -0.25) is 9.67 Å². The fraction of sp³-hybridized carbons (Fsp3) is 0.333. The summed E-state index contributed by atoms with van der Waals surface area (Å²) in [6, 6.07) is 7.75. The second kappa shape index (κ2) is 5.41. The molecule has 6 heteroatoms. The fourth-order valence-electron chi connectivity index (χ4n) is 2.78. The summed E-state index contributed by atoms with van der Waals surface area (Å²) >= 11 is 6.10. The number of rotatable bonds is 3. The van der Waals surface area contributed by atoms with Gasteiger partial charge in [0.25, 0.3) is 0 Å². The second-order valence-corrected chi connectivity index (χ2v) is 5.56. The van der Waals surface area contributed by atoms with Crippen molar-refractivity contribution in [2.24, 2.45) is 17.8 Å². The Morgan fingerprint density at radius 1 is 1.43 bits per heavy atom. The highest BCUT2D eigenvalue weighted by Crippen LogP contribution is 2.33. The van der Waals surface area contributed by atoms with E-state index < -0.39 is 0 Å². The van der Waals surface area contributed by atoms with E-state index in [0.717, 1.165) is 17.8 Å². The lowest BCUT2D eigenvalue weighted by molar-refractivity contribution is 0.746. The Labute approximate surface area is 129 Å². The number of hydrogen-bond acceptors (Lipinski definition) is 4. The van der Waals surface area contributed by atoms with Gasteiger partial charge in [0.15, 0.2) is 5.96 Å². The molecule has 1 atom stereocenters. The molecule has 0 saturated carbocycles. The Morgan fingerprint density at radius 2 is 2.24 bits per heavy atom. The molecule has 110 valence electrons. The lowest BCUT2D eigenvalue weighted by Gasteiger charge is -2.26. The van der Waals surface area contributed by atoms with Gasteiger partial charge in [0.1, 0.15) is 0 Å². The van der Waals surface area contributed by atoms with Gasteiger partial charge in [0.05, 0.1) is 18.3 Å². The highest BCUT2D eigenvalue weighted by molar-refractivity contribution is 6.30. The first-order valence-corrected chi connectivity index (χ1v) is 7.35. The zero-order valence-electron chi connectivity index (χ0n) is 12.1. The normalized spacial score (nSPS) is 18.1. The number of guanidine groups is 1. The van der Waals surface area contributed by atoms with Crippen molar-refractivity contribution in [1.82, 2.24) is 9.78 Å². The number of nitrogens with zero attached hydrogens (tertiary/aromatic N) is 4. The summed E-state index contributed by atoms with van der Waals surface area (Å²) in [7, 11) is 1.94. The Balaban J connectivity index is 2.03. The zero-order valence-corrected chi connectivity index (χ0v) is 12.9. The van der Waals surface area contributed by atoms with Gasteiger partial charge in [0.2, 0.25) is 0 Å². The van der Waals surface area contributed by atoms with Crippen LogP contribution in [0.5, 0.6) is 0 Å². The Kier molecular flexibility index (Phi) is 3.59. The molecule has 1 aliphatic rings. The molecule has 2 heterocycles. The molecule has 1 aromatic carbocycles. The average molecular weight is 304 g/mol. The minimum absolute atomic E-state index is 0.0760. The number of aromatic nitrogens is 2. The van der Waals surface area contributed by atoms with Crippen molar-refractivity contribution in [3.8, 4) is 0 Å². The van der Waals surface area contributed by atoms with Crippen molar-refractivity contribution >= 4 is 23.2 Å². The SMILES string of the molecule is CCc1nn(C)cc1C1CN=C(N)N1c1cccc(Cl)c1. The summed E-state index contributed by atoms with van der Waals surface area (Å²) in [5.41, 5.74) is 9.30. The minimum atomic E-state index is 0.0760. The van der Waals surface area contributed by atoms with Gasteiger partial charge in [-0.1, -0.05) is 24.6 Å². The van der Waals surface area contributed by atoms with Crippen molar-refractivity contribution < 1.29 is 0 Å². The fourth-order valence-corrected chi connectivity index (χ4v) is 2.96. The summed E-state index contributed by atoms with van der Waals surface area (Å²) in [6.45, 7) is 2.74. The van der Waals surface area contributed by atoms with Crippen LogP contribution in [0.4, 0.5) is 5.69 Å². The van der Waals surface area contributed by atoms with Crippen LogP contribution in [0.1, 0.15) is 24.2 Å². The first-order chi connectivity index (χ1) is 10.1. The quantitative estimate of drug-likeness (QED) is 0.948. The largest absolute Gasteiger partial charge is 0.369 e. The van der Waals surface area contributed by atoms with Crippen LogP contribution < -0.4 is 10.6 Å². The van der Waals surface area contributed by atoms with E-state index in [1.807, 2.05) is 40.9 Å². The standard InChI is InChI=1S/C15H18ClN5/c1-3-13-12(9-20(2)19-13)14-8-18-15(17)21(14)11-6-4-5-10(16)7-11/h4-7,9,14H,3,8H2,1-2H3,(H2,17,18). The van der Waals surface area contributed by atoms with Gasteiger partial charge in [-0.2, -0.15) is 5.10 Å². The van der Waals surface area contributed by atoms with E-state index in [0.29, 0.717) is 17.5 Å². The van der Waals surface area contributed by atoms with Crippen LogP contribution in [0.2, 0.25) is 5.02 Å². The third kappa shape index (κ3) is 2.49. The molecule has 3 rings (SSSR count). The maximum absolute atomic E-state index is 6.10. The number of halogens is 1. The summed E-state index contributed by atoms with van der Waals surface area (Å²) in [4.78, 5) is 6.44. The van der Waals surface area contributed by atoms with Gasteiger partial charge in [-0.05, 0) is 24.6 Å². The maximum atomic E-state index is 6.10. The minimum Gasteiger partial charge on any atom is -0.369 e. The Hall–Kier alpha value is -2.01. The van der Waals surface area contributed by atoms with Gasteiger partial charge in [-0.25, -0.2) is 0 Å². The monoisotopic (exact) mass is 303 g/mol. The molecular formula is C15H18ClN5. The average Bonchev–Trinajstić information content (AvgIpc) is 3.01. The van der Waals surface area contributed by atoms with Crippen LogP contribution in [0, 0.1) is 0 Å². The van der Waals surface area contributed by atoms with Gasteiger partial charge < -0.3 is 10.6 Å². The molecule has 0 radical (unpaired) electrons. The van der Waals surface area contributed by atoms with E-state index in [1.54, 1.807) is 0 Å². The van der Waals surface area contributed by atoms with Crippen molar-refractivity contribution in [3.05, 3.63) is 46.7 Å². The summed E-state index contributed by atoms with van der Waals surface area (Å²) in [6.07, 6.45) is 2.94.